The number of carboxylic acid groups (broad SMARTS) is 2. The largest absolute Gasteiger partial charge is 0.504 e. The first-order valence-electron chi connectivity index (χ1n) is 19.6. The summed E-state index contributed by atoms with van der Waals surface area (Å²) in [6.07, 6.45) is -10.1. The fourth-order valence-corrected chi connectivity index (χ4v) is 8.83. The number of aliphatic hydroxyl groups excluding tert-OH is 2. The maximum Gasteiger partial charge on any atom is 0.446 e. The van der Waals surface area contributed by atoms with Crippen LogP contribution in [-0.2, 0) is 54.9 Å². The van der Waals surface area contributed by atoms with Gasteiger partial charge < -0.3 is 50.4 Å². The third kappa shape index (κ3) is 9.13. The molecule has 1 fully saturated rings. The van der Waals surface area contributed by atoms with E-state index in [-0.39, 0.29) is 41.2 Å². The molecule has 0 saturated carbocycles. The lowest BCUT2D eigenvalue weighted by Gasteiger charge is -2.62. The highest BCUT2D eigenvalue weighted by Crippen LogP contribution is 2.66. The van der Waals surface area contributed by atoms with Crippen LogP contribution in [0.3, 0.4) is 0 Å². The number of nitrogens with zero attached hydrogens (tertiary/aromatic N) is 1. The SMILES string of the molecule is CN1CC[C@]23c4c5ccc(O)c4O[C@H]2C(OC(=O)C[C@H](NC(=O)[C@@H](O)c2ccccc2)C(=O)O)=CC[C@@]3(OC(=O)C[C@H](NC(=O)[C@@H](O)c2ccccc2)C(=O)O)[C@H]1C5.O=CC(F)(F)F. The zero-order valence-electron chi connectivity index (χ0n) is 33.7. The highest BCUT2D eigenvalue weighted by atomic mass is 19.4. The predicted molar refractivity (Wildman–Crippen MR) is 210 cm³/mol. The summed E-state index contributed by atoms with van der Waals surface area (Å²) in [6.45, 7) is 0.432. The number of likely N-dealkylation sites (N-methyl/N-ethyl adjacent to an activating group) is 1. The normalized spacial score (nSPS) is 23.4. The predicted octanol–water partition coefficient (Wildman–Crippen LogP) is 1.90. The number of rotatable bonds is 14. The monoisotopic (exact) mass is 897 g/mol. The number of carboxylic acids is 2. The molecule has 3 aromatic carbocycles. The van der Waals surface area contributed by atoms with Crippen LogP contribution in [0.15, 0.2) is 84.6 Å². The summed E-state index contributed by atoms with van der Waals surface area (Å²) in [7, 11) is 1.84. The molecule has 2 bridgehead atoms. The number of piperidine rings is 1. The highest BCUT2D eigenvalue weighted by Gasteiger charge is 2.74. The van der Waals surface area contributed by atoms with Crippen molar-refractivity contribution in [1.29, 1.82) is 0 Å². The van der Waals surface area contributed by atoms with Crippen molar-refractivity contribution in [3.63, 3.8) is 0 Å². The average molecular weight is 898 g/mol. The molecule has 18 nitrogen and oxygen atoms in total. The second-order valence-corrected chi connectivity index (χ2v) is 15.5. The van der Waals surface area contributed by atoms with Crippen LogP contribution in [0.25, 0.3) is 0 Å². The van der Waals surface area contributed by atoms with Crippen molar-refractivity contribution < 1.29 is 86.5 Å². The second-order valence-electron chi connectivity index (χ2n) is 15.5. The zero-order chi connectivity index (χ0) is 46.7. The number of hydrogen-bond donors (Lipinski definition) is 7. The number of nitrogens with one attached hydrogen (secondary N) is 2. The van der Waals surface area contributed by atoms with E-state index in [0.717, 1.165) is 5.56 Å². The third-order valence-corrected chi connectivity index (χ3v) is 11.7. The number of aliphatic carboxylic acids is 2. The molecule has 2 aliphatic heterocycles. The Morgan fingerprint density at radius 2 is 1.38 bits per heavy atom. The van der Waals surface area contributed by atoms with Crippen molar-refractivity contribution >= 4 is 42.0 Å². The molecule has 0 radical (unpaired) electrons. The Labute approximate surface area is 361 Å². The first-order valence-corrected chi connectivity index (χ1v) is 19.6. The number of esters is 2. The molecule has 3 aromatic rings. The molecule has 7 N–H and O–H groups in total. The molecular formula is C43H42F3N3O15. The number of benzene rings is 3. The molecule has 1 saturated heterocycles. The van der Waals surface area contributed by atoms with Crippen molar-refractivity contribution in [1.82, 2.24) is 15.5 Å². The summed E-state index contributed by atoms with van der Waals surface area (Å²) >= 11 is 0. The number of halogens is 3. The van der Waals surface area contributed by atoms with Gasteiger partial charge in [0.25, 0.3) is 11.8 Å². The van der Waals surface area contributed by atoms with Crippen LogP contribution >= 0.6 is 0 Å². The maximum absolute atomic E-state index is 14.0. The van der Waals surface area contributed by atoms with Crippen molar-refractivity contribution in [2.24, 2.45) is 0 Å². The van der Waals surface area contributed by atoms with Gasteiger partial charge in [-0.1, -0.05) is 66.7 Å². The summed E-state index contributed by atoms with van der Waals surface area (Å²) in [5, 5.41) is 56.4. The van der Waals surface area contributed by atoms with Gasteiger partial charge in [-0.3, -0.25) is 28.9 Å². The summed E-state index contributed by atoms with van der Waals surface area (Å²) < 4.78 is 49.9. The number of aldehydes is 1. The Morgan fingerprint density at radius 3 is 1.88 bits per heavy atom. The number of carbonyl (C=O) groups is 7. The van der Waals surface area contributed by atoms with E-state index in [1.807, 2.05) is 11.9 Å². The lowest BCUT2D eigenvalue weighted by atomic mass is 9.50. The first kappa shape index (κ1) is 46.7. The van der Waals surface area contributed by atoms with Crippen LogP contribution in [0.5, 0.6) is 11.5 Å². The van der Waals surface area contributed by atoms with Crippen molar-refractivity contribution in [3.05, 3.63) is 107 Å². The number of alkyl halides is 3. The smallest absolute Gasteiger partial charge is 0.446 e. The number of phenolic OH excluding ortho intramolecular Hbond substituents is 1. The molecule has 7 rings (SSSR count). The van der Waals surface area contributed by atoms with Gasteiger partial charge in [0.2, 0.25) is 6.29 Å². The minimum absolute atomic E-state index is 0.0613. The molecular weight excluding hydrogens is 855 g/mol. The summed E-state index contributed by atoms with van der Waals surface area (Å²) in [4.78, 5) is 88.4. The number of hydrogen-bond acceptors (Lipinski definition) is 14. The molecule has 64 heavy (non-hydrogen) atoms. The highest BCUT2D eigenvalue weighted by molar-refractivity contribution is 5.90. The molecule has 0 unspecified atom stereocenters. The average Bonchev–Trinajstić information content (AvgIpc) is 3.62. The fraction of sp³-hybridized carbons (Fsp3) is 0.372. The first-order chi connectivity index (χ1) is 30.2. The van der Waals surface area contributed by atoms with Crippen LogP contribution < -0.4 is 15.4 Å². The van der Waals surface area contributed by atoms with Crippen LogP contribution in [0.1, 0.15) is 60.1 Å². The molecule has 8 atom stereocenters. The van der Waals surface area contributed by atoms with Gasteiger partial charge in [-0.2, -0.15) is 13.2 Å². The Balaban J connectivity index is 0.00000106. The molecule has 4 aliphatic rings. The standard InChI is InChI=1S/C41H41N3O14.C2HF3O/c1-44-17-16-40-31-23-12-13-26(45)34(31)57-35(40)27(56-29(46)19-24(38(52)53)42-36(50)32(48)21-8-4-2-5-9-21)14-15-41(40,28(44)18-23)58-30(47)20-25(39(54)55)43-37(51)33(49)22-10-6-3-7-11-22;3-2(4,5)1-6/h2-14,24-25,28,32-33,35,45,48-49H,15-20H2,1H3,(H,42,50)(H,43,51)(H,52,53)(H,54,55);1H/t24-,25-,28+,32-,33-,35-,40-,41+;/m0./s1. The van der Waals surface area contributed by atoms with Gasteiger partial charge >= 0.3 is 30.1 Å². The molecule has 1 spiro atoms. The molecule has 2 amide bonds. The van der Waals surface area contributed by atoms with E-state index in [2.05, 4.69) is 10.6 Å². The number of amides is 2. The van der Waals surface area contributed by atoms with E-state index < -0.39 is 108 Å². The number of carbonyl (C=O) groups excluding carboxylic acids is 5. The van der Waals surface area contributed by atoms with Gasteiger partial charge in [-0.05, 0) is 55.3 Å². The number of likely N-dealkylation sites (tertiary alicyclic amines) is 1. The lowest BCUT2D eigenvalue weighted by Crippen LogP contribution is -2.75. The van der Waals surface area contributed by atoms with E-state index in [1.165, 1.54) is 36.4 Å². The van der Waals surface area contributed by atoms with Crippen LogP contribution in [0, 0.1) is 0 Å². The third-order valence-electron chi connectivity index (χ3n) is 11.7. The maximum atomic E-state index is 14.0. The summed E-state index contributed by atoms with van der Waals surface area (Å²) in [5.74, 6) is -7.50. The number of phenols is 1. The van der Waals surface area contributed by atoms with Crippen molar-refractivity contribution in [2.45, 2.75) is 85.7 Å². The molecule has 0 aromatic heterocycles. The van der Waals surface area contributed by atoms with Gasteiger partial charge in [0.05, 0.1) is 24.3 Å². The molecule has 21 heteroatoms. The van der Waals surface area contributed by atoms with Gasteiger partial charge in [-0.25, -0.2) is 9.59 Å². The topological polar surface area (TPSA) is 276 Å². The van der Waals surface area contributed by atoms with Crippen LogP contribution in [0.2, 0.25) is 0 Å². The van der Waals surface area contributed by atoms with E-state index in [1.54, 1.807) is 42.5 Å². The minimum Gasteiger partial charge on any atom is -0.504 e. The number of aliphatic hydroxyl groups is 2. The van der Waals surface area contributed by atoms with Gasteiger partial charge in [-0.15, -0.1) is 0 Å². The molecule has 2 heterocycles. The van der Waals surface area contributed by atoms with Crippen molar-refractivity contribution in [3.8, 4) is 11.5 Å². The number of ether oxygens (including phenoxy) is 3. The summed E-state index contributed by atoms with van der Waals surface area (Å²) in [5.41, 5.74) is -1.10. The minimum atomic E-state index is -4.64. The zero-order valence-corrected chi connectivity index (χ0v) is 33.7. The van der Waals surface area contributed by atoms with E-state index in [0.29, 0.717) is 18.5 Å². The Kier molecular flexibility index (Phi) is 13.5. The van der Waals surface area contributed by atoms with Crippen molar-refractivity contribution in [2.75, 3.05) is 13.6 Å². The second kappa shape index (κ2) is 18.5. The fourth-order valence-electron chi connectivity index (χ4n) is 8.83. The van der Waals surface area contributed by atoms with Gasteiger partial charge in [0.15, 0.2) is 29.8 Å². The number of aromatic hydroxyl groups is 1. The lowest BCUT2D eigenvalue weighted by molar-refractivity contribution is -0.207. The van der Waals surface area contributed by atoms with Gasteiger partial charge in [0, 0.05) is 12.0 Å². The Hall–Kier alpha value is -6.84. The summed E-state index contributed by atoms with van der Waals surface area (Å²) in [6, 6.07) is 14.7. The van der Waals surface area contributed by atoms with Crippen LogP contribution in [-0.4, -0.2) is 122 Å². The molecule has 2 aliphatic carbocycles. The van der Waals surface area contributed by atoms with E-state index >= 15 is 0 Å². The van der Waals surface area contributed by atoms with Gasteiger partial charge in [0.1, 0.15) is 23.4 Å². The Morgan fingerprint density at radius 1 is 0.859 bits per heavy atom. The van der Waals surface area contributed by atoms with E-state index in [4.69, 9.17) is 19.0 Å². The Bertz CT molecular complexity index is 2350. The molecule has 340 valence electrons. The van der Waals surface area contributed by atoms with E-state index in [9.17, 15) is 67.5 Å². The quantitative estimate of drug-likeness (QED) is 0.0899. The van der Waals surface area contributed by atoms with Crippen LogP contribution in [0.4, 0.5) is 13.2 Å².